The van der Waals surface area contributed by atoms with Crippen molar-refractivity contribution in [1.82, 2.24) is 9.97 Å². The number of benzene rings is 1. The molecule has 23 heavy (non-hydrogen) atoms. The molecule has 124 valence electrons. The van der Waals surface area contributed by atoms with E-state index >= 15 is 0 Å². The maximum absolute atomic E-state index is 5.39. The van der Waals surface area contributed by atoms with E-state index in [4.69, 9.17) is 9.47 Å². The Morgan fingerprint density at radius 1 is 1.09 bits per heavy atom. The number of ether oxygens (including phenoxy) is 2. The lowest BCUT2D eigenvalue weighted by Crippen LogP contribution is -2.07. The standard InChI is InChI=1S/C17H24N4O2/c1-5-6-9-18-16-10-12(2)19-17(21-16)20-14-8-7-13(22-3)11-15(14)23-4/h7-8,10-11H,5-6,9H2,1-4H3,(H2,18,19,20,21). The van der Waals surface area contributed by atoms with Gasteiger partial charge in [-0.05, 0) is 25.5 Å². The molecule has 0 radical (unpaired) electrons. The lowest BCUT2D eigenvalue weighted by atomic mass is 10.2. The van der Waals surface area contributed by atoms with Gasteiger partial charge in [0.05, 0.1) is 19.9 Å². The molecule has 6 nitrogen and oxygen atoms in total. The number of hydrogen-bond donors (Lipinski definition) is 2. The third kappa shape index (κ3) is 4.74. The Morgan fingerprint density at radius 3 is 2.61 bits per heavy atom. The van der Waals surface area contributed by atoms with Gasteiger partial charge in [-0.1, -0.05) is 13.3 Å². The number of hydrogen-bond acceptors (Lipinski definition) is 6. The van der Waals surface area contributed by atoms with E-state index in [0.29, 0.717) is 11.7 Å². The summed E-state index contributed by atoms with van der Waals surface area (Å²) in [7, 11) is 3.24. The molecule has 0 saturated heterocycles. The first-order valence-corrected chi connectivity index (χ1v) is 7.75. The van der Waals surface area contributed by atoms with Crippen molar-refractivity contribution in [3.63, 3.8) is 0 Å². The first-order chi connectivity index (χ1) is 11.2. The fourth-order valence-electron chi connectivity index (χ4n) is 2.13. The lowest BCUT2D eigenvalue weighted by molar-refractivity contribution is 0.395. The SMILES string of the molecule is CCCCNc1cc(C)nc(Nc2ccc(OC)cc2OC)n1. The molecule has 0 aliphatic carbocycles. The summed E-state index contributed by atoms with van der Waals surface area (Å²) in [6.07, 6.45) is 2.25. The minimum Gasteiger partial charge on any atom is -0.497 e. The van der Waals surface area contributed by atoms with Crippen LogP contribution in [0.5, 0.6) is 11.5 Å². The summed E-state index contributed by atoms with van der Waals surface area (Å²) in [6, 6.07) is 7.50. The van der Waals surface area contributed by atoms with Gasteiger partial charge in [-0.3, -0.25) is 0 Å². The highest BCUT2D eigenvalue weighted by Gasteiger charge is 2.08. The predicted molar refractivity (Wildman–Crippen MR) is 93.0 cm³/mol. The van der Waals surface area contributed by atoms with Crippen LogP contribution in [0.1, 0.15) is 25.5 Å². The second-order valence-electron chi connectivity index (χ2n) is 5.19. The van der Waals surface area contributed by atoms with Crippen LogP contribution in [0, 0.1) is 6.92 Å². The van der Waals surface area contributed by atoms with Gasteiger partial charge in [0.15, 0.2) is 0 Å². The molecular weight excluding hydrogens is 292 g/mol. The summed E-state index contributed by atoms with van der Waals surface area (Å²) >= 11 is 0. The molecule has 1 heterocycles. The molecule has 0 unspecified atom stereocenters. The number of rotatable bonds is 8. The maximum atomic E-state index is 5.39. The van der Waals surface area contributed by atoms with Crippen molar-refractivity contribution >= 4 is 17.5 Å². The molecule has 0 spiro atoms. The van der Waals surface area contributed by atoms with Crippen LogP contribution in [-0.2, 0) is 0 Å². The fraction of sp³-hybridized carbons (Fsp3) is 0.412. The van der Waals surface area contributed by atoms with E-state index in [-0.39, 0.29) is 0 Å². The van der Waals surface area contributed by atoms with Crippen LogP contribution in [-0.4, -0.2) is 30.7 Å². The Morgan fingerprint density at radius 2 is 1.91 bits per heavy atom. The maximum Gasteiger partial charge on any atom is 0.229 e. The van der Waals surface area contributed by atoms with Gasteiger partial charge < -0.3 is 20.1 Å². The monoisotopic (exact) mass is 316 g/mol. The normalized spacial score (nSPS) is 10.3. The van der Waals surface area contributed by atoms with Gasteiger partial charge in [0.25, 0.3) is 0 Å². The molecule has 0 aliphatic rings. The van der Waals surface area contributed by atoms with Crippen molar-refractivity contribution < 1.29 is 9.47 Å². The zero-order chi connectivity index (χ0) is 16.7. The van der Waals surface area contributed by atoms with Crippen LogP contribution in [0.2, 0.25) is 0 Å². The molecular formula is C17H24N4O2. The fourth-order valence-corrected chi connectivity index (χ4v) is 2.13. The molecule has 0 atom stereocenters. The van der Waals surface area contributed by atoms with E-state index in [9.17, 15) is 0 Å². The smallest absolute Gasteiger partial charge is 0.229 e. The molecule has 1 aromatic heterocycles. The van der Waals surface area contributed by atoms with Crippen molar-refractivity contribution in [1.29, 1.82) is 0 Å². The second-order valence-corrected chi connectivity index (χ2v) is 5.19. The molecule has 0 aliphatic heterocycles. The van der Waals surface area contributed by atoms with E-state index in [1.54, 1.807) is 14.2 Å². The number of anilines is 3. The van der Waals surface area contributed by atoms with Crippen molar-refractivity contribution in [2.75, 3.05) is 31.4 Å². The Kier molecular flexibility index (Phi) is 6.02. The van der Waals surface area contributed by atoms with Gasteiger partial charge in [-0.15, -0.1) is 0 Å². The molecule has 1 aromatic carbocycles. The Balaban J connectivity index is 2.19. The molecule has 6 heteroatoms. The minimum atomic E-state index is 0.535. The summed E-state index contributed by atoms with van der Waals surface area (Å²) in [4.78, 5) is 8.92. The highest BCUT2D eigenvalue weighted by atomic mass is 16.5. The molecule has 2 aromatic rings. The third-order valence-corrected chi connectivity index (χ3v) is 3.35. The van der Waals surface area contributed by atoms with Gasteiger partial charge in [0.1, 0.15) is 17.3 Å². The van der Waals surface area contributed by atoms with E-state index in [1.165, 1.54) is 0 Å². The van der Waals surface area contributed by atoms with Gasteiger partial charge in [-0.2, -0.15) is 4.98 Å². The Bertz CT molecular complexity index is 646. The highest BCUT2D eigenvalue weighted by Crippen LogP contribution is 2.30. The lowest BCUT2D eigenvalue weighted by Gasteiger charge is -2.13. The second kappa shape index (κ2) is 8.22. The van der Waals surface area contributed by atoms with Crippen LogP contribution in [0.3, 0.4) is 0 Å². The highest BCUT2D eigenvalue weighted by molar-refractivity contribution is 5.65. The average Bonchev–Trinajstić information content (AvgIpc) is 2.55. The van der Waals surface area contributed by atoms with Crippen molar-refractivity contribution in [3.8, 4) is 11.5 Å². The number of methoxy groups -OCH3 is 2. The summed E-state index contributed by atoms with van der Waals surface area (Å²) < 4.78 is 10.6. The summed E-state index contributed by atoms with van der Waals surface area (Å²) in [6.45, 7) is 5.01. The molecule has 0 bridgehead atoms. The molecule has 0 amide bonds. The van der Waals surface area contributed by atoms with Crippen molar-refractivity contribution in [3.05, 3.63) is 30.0 Å². The number of nitrogens with one attached hydrogen (secondary N) is 2. The number of aryl methyl sites for hydroxylation is 1. The van der Waals surface area contributed by atoms with Crippen LogP contribution in [0.25, 0.3) is 0 Å². The van der Waals surface area contributed by atoms with Crippen LogP contribution in [0.15, 0.2) is 24.3 Å². The first-order valence-electron chi connectivity index (χ1n) is 7.75. The van der Waals surface area contributed by atoms with Crippen LogP contribution in [0.4, 0.5) is 17.5 Å². The quantitative estimate of drug-likeness (QED) is 0.723. The molecule has 2 N–H and O–H groups in total. The van der Waals surface area contributed by atoms with E-state index in [1.807, 2.05) is 31.2 Å². The Hall–Kier alpha value is -2.50. The van der Waals surface area contributed by atoms with Gasteiger partial charge in [-0.25, -0.2) is 4.98 Å². The van der Waals surface area contributed by atoms with Crippen LogP contribution < -0.4 is 20.1 Å². The van der Waals surface area contributed by atoms with Crippen molar-refractivity contribution in [2.45, 2.75) is 26.7 Å². The van der Waals surface area contributed by atoms with E-state index in [0.717, 1.165) is 42.3 Å². The van der Waals surface area contributed by atoms with Crippen LogP contribution >= 0.6 is 0 Å². The molecule has 2 rings (SSSR count). The van der Waals surface area contributed by atoms with E-state index < -0.39 is 0 Å². The summed E-state index contributed by atoms with van der Waals surface area (Å²) in [5.41, 5.74) is 1.69. The van der Waals surface area contributed by atoms with Crippen molar-refractivity contribution in [2.24, 2.45) is 0 Å². The zero-order valence-corrected chi connectivity index (χ0v) is 14.1. The zero-order valence-electron chi connectivity index (χ0n) is 14.1. The topological polar surface area (TPSA) is 68.3 Å². The van der Waals surface area contributed by atoms with Gasteiger partial charge in [0.2, 0.25) is 5.95 Å². The first kappa shape index (κ1) is 16.9. The Labute approximate surface area is 137 Å². The van der Waals surface area contributed by atoms with E-state index in [2.05, 4.69) is 27.5 Å². The summed E-state index contributed by atoms with van der Waals surface area (Å²) in [5.74, 6) is 2.77. The number of unbranched alkanes of at least 4 members (excludes halogenated alkanes) is 1. The number of nitrogens with zero attached hydrogens (tertiary/aromatic N) is 2. The predicted octanol–water partition coefficient (Wildman–Crippen LogP) is 3.76. The minimum absolute atomic E-state index is 0.535. The van der Waals surface area contributed by atoms with Gasteiger partial charge in [0, 0.05) is 24.4 Å². The largest absolute Gasteiger partial charge is 0.497 e. The number of aromatic nitrogens is 2. The van der Waals surface area contributed by atoms with Gasteiger partial charge >= 0.3 is 0 Å². The summed E-state index contributed by atoms with van der Waals surface area (Å²) in [5, 5.41) is 6.52. The average molecular weight is 316 g/mol. The third-order valence-electron chi connectivity index (χ3n) is 3.35. The molecule has 0 saturated carbocycles. The molecule has 0 fully saturated rings.